The van der Waals surface area contributed by atoms with Crippen molar-refractivity contribution < 1.29 is 19.4 Å². The van der Waals surface area contributed by atoms with E-state index in [1.165, 1.54) is 13.2 Å². The van der Waals surface area contributed by atoms with Gasteiger partial charge >= 0.3 is 5.97 Å². The molecule has 0 fully saturated rings. The molecule has 0 unspecified atom stereocenters. The Balaban J connectivity index is 1.97. The Morgan fingerprint density at radius 1 is 1.33 bits per heavy atom. The lowest BCUT2D eigenvalue weighted by Crippen LogP contribution is -2.00. The Kier molecular flexibility index (Phi) is 5.99. The van der Waals surface area contributed by atoms with E-state index < -0.39 is 5.97 Å². The molecular formula is C18H14BrNO4. The second-order valence-electron chi connectivity index (χ2n) is 4.80. The third-order valence-electron chi connectivity index (χ3n) is 3.15. The summed E-state index contributed by atoms with van der Waals surface area (Å²) in [5.74, 6) is -0.199. The smallest absolute Gasteiger partial charge is 0.331 e. The molecule has 0 saturated heterocycles. The summed E-state index contributed by atoms with van der Waals surface area (Å²) in [7, 11) is 1.45. The third-order valence-corrected chi connectivity index (χ3v) is 3.75. The van der Waals surface area contributed by atoms with Crippen molar-refractivity contribution in [3.8, 4) is 17.6 Å². The minimum Gasteiger partial charge on any atom is -0.503 e. The average molecular weight is 388 g/mol. The van der Waals surface area contributed by atoms with Gasteiger partial charge in [-0.1, -0.05) is 12.1 Å². The zero-order valence-electron chi connectivity index (χ0n) is 12.8. The highest BCUT2D eigenvalue weighted by Gasteiger charge is 2.07. The number of esters is 1. The normalized spacial score (nSPS) is 10.4. The van der Waals surface area contributed by atoms with Crippen LogP contribution in [0.1, 0.15) is 16.7 Å². The zero-order chi connectivity index (χ0) is 17.5. The van der Waals surface area contributed by atoms with Crippen LogP contribution in [0.3, 0.4) is 0 Å². The van der Waals surface area contributed by atoms with E-state index in [4.69, 9.17) is 14.7 Å². The van der Waals surface area contributed by atoms with Crippen LogP contribution in [0.15, 0.2) is 46.9 Å². The summed E-state index contributed by atoms with van der Waals surface area (Å²) < 4.78 is 10.6. The molecule has 2 aromatic rings. The lowest BCUT2D eigenvalue weighted by atomic mass is 10.1. The van der Waals surface area contributed by atoms with Crippen LogP contribution in [0, 0.1) is 11.3 Å². The number of rotatable bonds is 5. The van der Waals surface area contributed by atoms with Crippen LogP contribution in [0.5, 0.6) is 11.5 Å². The Labute approximate surface area is 147 Å². The zero-order valence-corrected chi connectivity index (χ0v) is 14.4. The predicted molar refractivity (Wildman–Crippen MR) is 92.3 cm³/mol. The number of nitriles is 1. The maximum absolute atomic E-state index is 11.8. The van der Waals surface area contributed by atoms with Crippen molar-refractivity contribution in [2.24, 2.45) is 0 Å². The second kappa shape index (κ2) is 8.18. The summed E-state index contributed by atoms with van der Waals surface area (Å²) in [5, 5.41) is 18.5. The number of phenols is 1. The summed E-state index contributed by atoms with van der Waals surface area (Å²) in [4.78, 5) is 11.8. The highest BCUT2D eigenvalue weighted by atomic mass is 79.9. The van der Waals surface area contributed by atoms with E-state index in [0.29, 0.717) is 21.3 Å². The van der Waals surface area contributed by atoms with E-state index >= 15 is 0 Å². The molecule has 0 aliphatic heterocycles. The molecule has 0 heterocycles. The Morgan fingerprint density at radius 2 is 2.04 bits per heavy atom. The predicted octanol–water partition coefficient (Wildman–Crippen LogP) is 3.79. The van der Waals surface area contributed by atoms with Crippen LogP contribution in [-0.4, -0.2) is 18.2 Å². The van der Waals surface area contributed by atoms with Gasteiger partial charge in [-0.3, -0.25) is 0 Å². The van der Waals surface area contributed by atoms with Crippen molar-refractivity contribution in [3.05, 3.63) is 63.6 Å². The van der Waals surface area contributed by atoms with Crippen molar-refractivity contribution in [1.29, 1.82) is 5.26 Å². The van der Waals surface area contributed by atoms with Crippen molar-refractivity contribution in [3.63, 3.8) is 0 Å². The maximum atomic E-state index is 11.8. The molecule has 0 spiro atoms. The first-order chi connectivity index (χ1) is 11.5. The molecular weight excluding hydrogens is 374 g/mol. The van der Waals surface area contributed by atoms with Crippen LogP contribution < -0.4 is 4.74 Å². The number of hydrogen-bond donors (Lipinski definition) is 1. The van der Waals surface area contributed by atoms with Gasteiger partial charge in [0.25, 0.3) is 0 Å². The number of benzene rings is 2. The highest BCUT2D eigenvalue weighted by molar-refractivity contribution is 9.10. The fourth-order valence-electron chi connectivity index (χ4n) is 1.89. The van der Waals surface area contributed by atoms with Crippen LogP contribution >= 0.6 is 15.9 Å². The van der Waals surface area contributed by atoms with Crippen molar-refractivity contribution in [2.75, 3.05) is 7.11 Å². The van der Waals surface area contributed by atoms with Gasteiger partial charge in [0.2, 0.25) is 0 Å². The highest BCUT2D eigenvalue weighted by Crippen LogP contribution is 2.35. The fourth-order valence-corrected chi connectivity index (χ4v) is 2.35. The van der Waals surface area contributed by atoms with E-state index in [-0.39, 0.29) is 12.4 Å². The van der Waals surface area contributed by atoms with Crippen molar-refractivity contribution >= 4 is 28.0 Å². The number of carbonyl (C=O) groups excluding carboxylic acids is 1. The number of aromatic hydroxyl groups is 1. The van der Waals surface area contributed by atoms with Gasteiger partial charge in [0, 0.05) is 6.08 Å². The van der Waals surface area contributed by atoms with Gasteiger partial charge in [-0.15, -0.1) is 0 Å². The minimum absolute atomic E-state index is 0.00181. The lowest BCUT2D eigenvalue weighted by molar-refractivity contribution is -0.138. The van der Waals surface area contributed by atoms with Crippen LogP contribution in [0.25, 0.3) is 6.08 Å². The molecule has 0 aliphatic carbocycles. The molecule has 0 bridgehead atoms. The monoisotopic (exact) mass is 387 g/mol. The fraction of sp³-hybridized carbons (Fsp3) is 0.111. The SMILES string of the molecule is COc1cc(/C=C/C(=O)OCc2ccc(C#N)cc2)cc(Br)c1O. The van der Waals surface area contributed by atoms with E-state index in [2.05, 4.69) is 15.9 Å². The van der Waals surface area contributed by atoms with Gasteiger partial charge in [-0.05, 0) is 57.4 Å². The van der Waals surface area contributed by atoms with E-state index in [9.17, 15) is 9.90 Å². The van der Waals surface area contributed by atoms with Gasteiger partial charge < -0.3 is 14.6 Å². The van der Waals surface area contributed by atoms with Gasteiger partial charge in [0.15, 0.2) is 11.5 Å². The number of phenolic OH excluding ortho intramolecular Hbond substituents is 1. The number of halogens is 1. The Bertz CT molecular complexity index is 807. The number of nitrogens with zero attached hydrogens (tertiary/aromatic N) is 1. The first-order valence-corrected chi connectivity index (χ1v) is 7.73. The third kappa shape index (κ3) is 4.61. The van der Waals surface area contributed by atoms with Gasteiger partial charge in [0.05, 0.1) is 23.2 Å². The molecule has 1 N–H and O–H groups in total. The van der Waals surface area contributed by atoms with Gasteiger partial charge in [-0.25, -0.2) is 4.79 Å². The number of hydrogen-bond acceptors (Lipinski definition) is 5. The van der Waals surface area contributed by atoms with E-state index in [1.54, 1.807) is 42.5 Å². The molecule has 6 heteroatoms. The van der Waals surface area contributed by atoms with Crippen LogP contribution in [-0.2, 0) is 16.1 Å². The van der Waals surface area contributed by atoms with Crippen molar-refractivity contribution in [2.45, 2.75) is 6.61 Å². The number of ether oxygens (including phenoxy) is 2. The summed E-state index contributed by atoms with van der Waals surface area (Å²) in [6, 6.07) is 12.1. The Morgan fingerprint density at radius 3 is 2.67 bits per heavy atom. The molecule has 2 aromatic carbocycles. The van der Waals surface area contributed by atoms with E-state index in [0.717, 1.165) is 5.56 Å². The summed E-state index contributed by atoms with van der Waals surface area (Å²) in [5.41, 5.74) is 2.02. The molecule has 0 amide bonds. The molecule has 122 valence electrons. The van der Waals surface area contributed by atoms with Gasteiger partial charge in [0.1, 0.15) is 6.61 Å². The lowest BCUT2D eigenvalue weighted by Gasteiger charge is -2.06. The van der Waals surface area contributed by atoms with Crippen molar-refractivity contribution in [1.82, 2.24) is 0 Å². The van der Waals surface area contributed by atoms with Crippen LogP contribution in [0.2, 0.25) is 0 Å². The standard InChI is InChI=1S/C18H14BrNO4/c1-23-16-9-14(8-15(19)18(16)22)6-7-17(21)24-11-13-4-2-12(10-20)3-5-13/h2-9,22H,11H2,1H3/b7-6+. The Hall–Kier alpha value is -2.78. The largest absolute Gasteiger partial charge is 0.503 e. The molecule has 0 radical (unpaired) electrons. The first kappa shape index (κ1) is 17.6. The molecule has 0 aliphatic rings. The summed E-state index contributed by atoms with van der Waals surface area (Å²) in [6.07, 6.45) is 2.86. The summed E-state index contributed by atoms with van der Waals surface area (Å²) >= 11 is 3.21. The van der Waals surface area contributed by atoms with Crippen LogP contribution in [0.4, 0.5) is 0 Å². The number of carbonyl (C=O) groups is 1. The maximum Gasteiger partial charge on any atom is 0.331 e. The molecule has 24 heavy (non-hydrogen) atoms. The topological polar surface area (TPSA) is 79.5 Å². The quantitative estimate of drug-likeness (QED) is 0.623. The molecule has 0 saturated carbocycles. The first-order valence-electron chi connectivity index (χ1n) is 6.94. The molecule has 0 atom stereocenters. The second-order valence-corrected chi connectivity index (χ2v) is 5.66. The molecule has 0 aromatic heterocycles. The average Bonchev–Trinajstić information content (AvgIpc) is 2.61. The minimum atomic E-state index is -0.498. The number of methoxy groups -OCH3 is 1. The van der Waals surface area contributed by atoms with Gasteiger partial charge in [-0.2, -0.15) is 5.26 Å². The molecule has 2 rings (SSSR count). The van der Waals surface area contributed by atoms with E-state index in [1.807, 2.05) is 6.07 Å². The summed E-state index contributed by atoms with van der Waals surface area (Å²) in [6.45, 7) is 0.122. The molecule has 5 nitrogen and oxygen atoms in total.